The molecule has 0 aromatic heterocycles. The van der Waals surface area contributed by atoms with Crippen LogP contribution < -0.4 is 5.32 Å². The number of hydrogen-bond acceptors (Lipinski definition) is 5. The number of aliphatic carboxylic acids is 1. The average Bonchev–Trinajstić information content (AvgIpc) is 3.12. The van der Waals surface area contributed by atoms with Crippen molar-refractivity contribution in [1.29, 1.82) is 0 Å². The van der Waals surface area contributed by atoms with Crippen LogP contribution in [0.4, 0.5) is 0 Å². The van der Waals surface area contributed by atoms with Crippen LogP contribution in [0, 0.1) is 0 Å². The number of carboxylic acid groups (broad SMARTS) is 1. The maximum atomic E-state index is 12.8. The molecule has 26 heavy (non-hydrogen) atoms. The molecule has 1 aromatic carbocycles. The number of hydrogen-bond donors (Lipinski definition) is 2. The van der Waals surface area contributed by atoms with Crippen molar-refractivity contribution in [3.8, 4) is 0 Å². The summed E-state index contributed by atoms with van der Waals surface area (Å²) in [5, 5.41) is 11.9. The fraction of sp³-hybridized carbons (Fsp3) is 0.529. The Balaban J connectivity index is 1.82. The summed E-state index contributed by atoms with van der Waals surface area (Å²) in [4.78, 5) is 24.1. The lowest BCUT2D eigenvalue weighted by molar-refractivity contribution is -0.144. The highest BCUT2D eigenvalue weighted by atomic mass is 32.2. The third kappa shape index (κ3) is 3.60. The maximum absolute atomic E-state index is 12.8. The summed E-state index contributed by atoms with van der Waals surface area (Å²) >= 11 is 0. The molecule has 2 aliphatic rings. The van der Waals surface area contributed by atoms with Crippen LogP contribution in [-0.2, 0) is 19.6 Å². The van der Waals surface area contributed by atoms with Crippen molar-refractivity contribution in [2.45, 2.75) is 36.1 Å². The number of piperidine rings is 1. The number of nitrogens with zero attached hydrogens (tertiary/aromatic N) is 1. The lowest BCUT2D eigenvalue weighted by Crippen LogP contribution is -2.55. The third-order valence-corrected chi connectivity index (χ3v) is 6.73. The summed E-state index contributed by atoms with van der Waals surface area (Å²) in [5.74, 6) is -1.80. The summed E-state index contributed by atoms with van der Waals surface area (Å²) in [6, 6.07) is 5.71. The van der Waals surface area contributed by atoms with Gasteiger partial charge in [-0.2, -0.15) is 4.31 Å². The summed E-state index contributed by atoms with van der Waals surface area (Å²) in [6.07, 6.45) is 2.81. The molecule has 0 radical (unpaired) electrons. The Bertz CT molecular complexity index is 795. The lowest BCUT2D eigenvalue weighted by atomic mass is 9.98. The first-order valence-electron chi connectivity index (χ1n) is 8.59. The van der Waals surface area contributed by atoms with Gasteiger partial charge in [-0.25, -0.2) is 13.2 Å². The van der Waals surface area contributed by atoms with Crippen LogP contribution in [0.5, 0.6) is 0 Å². The van der Waals surface area contributed by atoms with Crippen molar-refractivity contribution in [2.24, 2.45) is 0 Å². The molecule has 2 heterocycles. The van der Waals surface area contributed by atoms with Gasteiger partial charge >= 0.3 is 5.97 Å². The van der Waals surface area contributed by atoms with Crippen LogP contribution >= 0.6 is 0 Å². The average molecular weight is 382 g/mol. The molecule has 0 aliphatic carbocycles. The quantitative estimate of drug-likeness (QED) is 0.780. The lowest BCUT2D eigenvalue weighted by Gasteiger charge is -2.26. The molecule has 0 saturated carbocycles. The van der Waals surface area contributed by atoms with E-state index in [0.29, 0.717) is 13.1 Å². The van der Waals surface area contributed by atoms with Crippen LogP contribution in [0.25, 0.3) is 0 Å². The van der Waals surface area contributed by atoms with Gasteiger partial charge in [0.25, 0.3) is 5.91 Å². The van der Waals surface area contributed by atoms with Crippen molar-refractivity contribution < 1.29 is 27.9 Å². The molecule has 1 aromatic rings. The SMILES string of the molecule is O=C(NC1(C(=O)O)CCOC1)c1cccc(S(=O)(=O)N2CCCCC2)c1. The number of sulfonamides is 1. The summed E-state index contributed by atoms with van der Waals surface area (Å²) in [7, 11) is -3.66. The second kappa shape index (κ2) is 7.34. The molecule has 142 valence electrons. The number of carbonyl (C=O) groups is 2. The molecule has 2 N–H and O–H groups in total. The third-order valence-electron chi connectivity index (χ3n) is 4.83. The monoisotopic (exact) mass is 382 g/mol. The van der Waals surface area contributed by atoms with Crippen molar-refractivity contribution >= 4 is 21.9 Å². The number of benzene rings is 1. The molecule has 1 unspecified atom stereocenters. The zero-order chi connectivity index (χ0) is 18.8. The van der Waals surface area contributed by atoms with E-state index in [1.54, 1.807) is 0 Å². The second-order valence-electron chi connectivity index (χ2n) is 6.64. The van der Waals surface area contributed by atoms with Gasteiger partial charge in [-0.3, -0.25) is 4.79 Å². The van der Waals surface area contributed by atoms with Crippen LogP contribution in [0.1, 0.15) is 36.0 Å². The van der Waals surface area contributed by atoms with Crippen molar-refractivity contribution in [3.05, 3.63) is 29.8 Å². The molecule has 0 spiro atoms. The Labute approximate surface area is 152 Å². The van der Waals surface area contributed by atoms with Crippen LogP contribution in [-0.4, -0.2) is 61.5 Å². The molecule has 2 aliphatic heterocycles. The fourth-order valence-electron chi connectivity index (χ4n) is 3.23. The van der Waals surface area contributed by atoms with Crippen LogP contribution in [0.2, 0.25) is 0 Å². The minimum Gasteiger partial charge on any atom is -0.479 e. The minimum atomic E-state index is -3.66. The van der Waals surface area contributed by atoms with E-state index in [-0.39, 0.29) is 30.1 Å². The second-order valence-corrected chi connectivity index (χ2v) is 8.57. The molecule has 1 amide bonds. The Morgan fingerprint density at radius 2 is 1.92 bits per heavy atom. The predicted octanol–water partition coefficient (Wildman–Crippen LogP) is 0.835. The van der Waals surface area contributed by atoms with Gasteiger partial charge in [0.2, 0.25) is 10.0 Å². The minimum absolute atomic E-state index is 0.0408. The Hall–Kier alpha value is -1.97. The van der Waals surface area contributed by atoms with E-state index in [1.807, 2.05) is 0 Å². The Kier molecular flexibility index (Phi) is 5.31. The van der Waals surface area contributed by atoms with Crippen LogP contribution in [0.15, 0.2) is 29.2 Å². The van der Waals surface area contributed by atoms with Gasteiger partial charge in [0.05, 0.1) is 11.5 Å². The molecule has 2 saturated heterocycles. The largest absolute Gasteiger partial charge is 0.479 e. The van der Waals surface area contributed by atoms with Crippen molar-refractivity contribution in [1.82, 2.24) is 9.62 Å². The summed E-state index contributed by atoms with van der Waals surface area (Å²) in [5.41, 5.74) is -1.37. The molecule has 1 atom stereocenters. The first-order valence-corrected chi connectivity index (χ1v) is 10.0. The molecule has 9 heteroatoms. The number of carboxylic acids is 1. The number of rotatable bonds is 5. The Morgan fingerprint density at radius 3 is 2.54 bits per heavy atom. The number of ether oxygens (including phenoxy) is 1. The summed E-state index contributed by atoms with van der Waals surface area (Å²) in [6.45, 7) is 1.08. The van der Waals surface area contributed by atoms with Gasteiger partial charge < -0.3 is 15.2 Å². The number of amides is 1. The highest BCUT2D eigenvalue weighted by Gasteiger charge is 2.44. The molecular formula is C17H22N2O6S. The van der Waals surface area contributed by atoms with Gasteiger partial charge in [-0.05, 0) is 31.0 Å². The van der Waals surface area contributed by atoms with E-state index in [2.05, 4.69) is 5.32 Å². The van der Waals surface area contributed by atoms with Gasteiger partial charge in [-0.1, -0.05) is 12.5 Å². The number of nitrogens with one attached hydrogen (secondary N) is 1. The first kappa shape index (κ1) is 18.8. The van der Waals surface area contributed by atoms with Crippen molar-refractivity contribution in [3.63, 3.8) is 0 Å². The highest BCUT2D eigenvalue weighted by molar-refractivity contribution is 7.89. The zero-order valence-electron chi connectivity index (χ0n) is 14.3. The van der Waals surface area contributed by atoms with Crippen LogP contribution in [0.3, 0.4) is 0 Å². The standard InChI is InChI=1S/C17H22N2O6S/c20-15(18-17(16(21)22)7-10-25-12-17)13-5-4-6-14(11-13)26(23,24)19-8-2-1-3-9-19/h4-6,11H,1-3,7-10,12H2,(H,18,20)(H,21,22). The van der Waals surface area contributed by atoms with E-state index >= 15 is 0 Å². The molecular weight excluding hydrogens is 360 g/mol. The van der Waals surface area contributed by atoms with Gasteiger partial charge in [0, 0.05) is 31.7 Å². The van der Waals surface area contributed by atoms with E-state index in [4.69, 9.17) is 4.74 Å². The normalized spacial score (nSPS) is 24.3. The van der Waals surface area contributed by atoms with Crippen molar-refractivity contribution in [2.75, 3.05) is 26.3 Å². The van der Waals surface area contributed by atoms with Gasteiger partial charge in [-0.15, -0.1) is 0 Å². The smallest absolute Gasteiger partial charge is 0.331 e. The van der Waals surface area contributed by atoms with Gasteiger partial charge in [0.15, 0.2) is 5.54 Å². The highest BCUT2D eigenvalue weighted by Crippen LogP contribution is 2.23. The molecule has 8 nitrogen and oxygen atoms in total. The Morgan fingerprint density at radius 1 is 1.19 bits per heavy atom. The zero-order valence-corrected chi connectivity index (χ0v) is 15.1. The molecule has 0 bridgehead atoms. The van der Waals surface area contributed by atoms with Gasteiger partial charge in [0.1, 0.15) is 0 Å². The topological polar surface area (TPSA) is 113 Å². The fourth-order valence-corrected chi connectivity index (χ4v) is 4.79. The van der Waals surface area contributed by atoms with E-state index < -0.39 is 27.4 Å². The first-order chi connectivity index (χ1) is 12.3. The summed E-state index contributed by atoms with van der Waals surface area (Å²) < 4.78 is 32.1. The molecule has 3 rings (SSSR count). The predicted molar refractivity (Wildman–Crippen MR) is 92.3 cm³/mol. The maximum Gasteiger partial charge on any atom is 0.331 e. The van der Waals surface area contributed by atoms with E-state index in [1.165, 1.54) is 28.6 Å². The number of carbonyl (C=O) groups excluding carboxylic acids is 1. The molecule has 2 fully saturated rings. The van der Waals surface area contributed by atoms with E-state index in [9.17, 15) is 23.1 Å². The van der Waals surface area contributed by atoms with E-state index in [0.717, 1.165) is 19.3 Å².